The lowest BCUT2D eigenvalue weighted by Gasteiger charge is -2.22. The summed E-state index contributed by atoms with van der Waals surface area (Å²) in [4.78, 5) is 5.90. The van der Waals surface area contributed by atoms with Gasteiger partial charge in [0, 0.05) is 24.6 Å². The van der Waals surface area contributed by atoms with Crippen LogP contribution in [0.25, 0.3) is 0 Å². The highest BCUT2D eigenvalue weighted by molar-refractivity contribution is 14.0. The van der Waals surface area contributed by atoms with Gasteiger partial charge in [-0.2, -0.15) is 0 Å². The third-order valence-electron chi connectivity index (χ3n) is 3.84. The van der Waals surface area contributed by atoms with Crippen molar-refractivity contribution in [1.29, 1.82) is 0 Å². The zero-order valence-corrected chi connectivity index (χ0v) is 17.2. The van der Waals surface area contributed by atoms with E-state index < -0.39 is 0 Å². The van der Waals surface area contributed by atoms with Gasteiger partial charge in [-0.05, 0) is 37.6 Å². The minimum absolute atomic E-state index is 0. The number of nitrogens with zero attached hydrogens (tertiary/aromatic N) is 1. The predicted molar refractivity (Wildman–Crippen MR) is 110 cm³/mol. The molecule has 132 valence electrons. The molecule has 1 aromatic heterocycles. The first-order chi connectivity index (χ1) is 10.9. The number of guanidine groups is 1. The van der Waals surface area contributed by atoms with Crippen molar-refractivity contribution < 1.29 is 4.74 Å². The first kappa shape index (κ1) is 20.7. The molecule has 0 amide bonds. The average molecular weight is 451 g/mol. The van der Waals surface area contributed by atoms with Gasteiger partial charge in [-0.3, -0.25) is 0 Å². The van der Waals surface area contributed by atoms with Crippen molar-refractivity contribution in [1.82, 2.24) is 10.6 Å². The van der Waals surface area contributed by atoms with Crippen molar-refractivity contribution in [2.75, 3.05) is 19.7 Å². The first-order valence-electron chi connectivity index (χ1n) is 8.54. The van der Waals surface area contributed by atoms with Crippen molar-refractivity contribution >= 4 is 41.3 Å². The van der Waals surface area contributed by atoms with Crippen LogP contribution in [0.2, 0.25) is 0 Å². The van der Waals surface area contributed by atoms with Crippen LogP contribution < -0.4 is 10.6 Å². The average Bonchev–Trinajstić information content (AvgIpc) is 3.06. The summed E-state index contributed by atoms with van der Waals surface area (Å²) in [5.74, 6) is 0.897. The van der Waals surface area contributed by atoms with Crippen molar-refractivity contribution in [3.05, 3.63) is 22.4 Å². The highest BCUT2D eigenvalue weighted by atomic mass is 127. The Morgan fingerprint density at radius 2 is 2.13 bits per heavy atom. The van der Waals surface area contributed by atoms with Crippen LogP contribution in [0, 0.1) is 0 Å². The normalized spacial score (nSPS) is 16.0. The van der Waals surface area contributed by atoms with Gasteiger partial charge >= 0.3 is 0 Å². The molecule has 1 fully saturated rings. The molecule has 0 spiro atoms. The van der Waals surface area contributed by atoms with Gasteiger partial charge in [0.2, 0.25) is 0 Å². The third-order valence-corrected chi connectivity index (χ3v) is 4.70. The maximum absolute atomic E-state index is 5.94. The lowest BCUT2D eigenvalue weighted by molar-refractivity contribution is 0.0277. The molecule has 2 rings (SSSR count). The maximum atomic E-state index is 5.94. The topological polar surface area (TPSA) is 45.7 Å². The molecule has 0 aliphatic heterocycles. The van der Waals surface area contributed by atoms with Crippen LogP contribution in [0.15, 0.2) is 22.5 Å². The van der Waals surface area contributed by atoms with Gasteiger partial charge in [-0.1, -0.05) is 25.3 Å². The maximum Gasteiger partial charge on any atom is 0.191 e. The fraction of sp³-hybridized carbons (Fsp3) is 0.706. The fourth-order valence-corrected chi connectivity index (χ4v) is 3.29. The van der Waals surface area contributed by atoms with Crippen molar-refractivity contribution in [2.24, 2.45) is 4.99 Å². The van der Waals surface area contributed by atoms with E-state index in [0.717, 1.165) is 38.6 Å². The van der Waals surface area contributed by atoms with E-state index in [-0.39, 0.29) is 24.0 Å². The Morgan fingerprint density at radius 1 is 1.30 bits per heavy atom. The second-order valence-corrected chi connectivity index (χ2v) is 6.72. The van der Waals surface area contributed by atoms with E-state index in [4.69, 9.17) is 4.74 Å². The minimum Gasteiger partial charge on any atom is -0.378 e. The number of hydrogen-bond acceptors (Lipinski definition) is 3. The number of hydrogen-bond donors (Lipinski definition) is 2. The molecule has 1 aromatic rings. The molecule has 1 aliphatic rings. The lowest BCUT2D eigenvalue weighted by atomic mass is 9.98. The van der Waals surface area contributed by atoms with Gasteiger partial charge in [0.1, 0.15) is 0 Å². The van der Waals surface area contributed by atoms with Gasteiger partial charge in [-0.25, -0.2) is 4.99 Å². The van der Waals surface area contributed by atoms with Crippen LogP contribution in [-0.2, 0) is 11.3 Å². The SMILES string of the molecule is CCNC(=NCc1cccs1)NCCCOC1CCCCC1.I. The number of aliphatic imine (C=N–C) groups is 1. The van der Waals surface area contributed by atoms with Gasteiger partial charge < -0.3 is 15.4 Å². The van der Waals surface area contributed by atoms with E-state index in [1.165, 1.54) is 37.0 Å². The Bertz CT molecular complexity index is 419. The lowest BCUT2D eigenvalue weighted by Crippen LogP contribution is -2.38. The number of halogens is 1. The number of ether oxygens (including phenoxy) is 1. The molecule has 6 heteroatoms. The van der Waals surface area contributed by atoms with Crippen molar-refractivity contribution in [2.45, 2.75) is 58.1 Å². The monoisotopic (exact) mass is 451 g/mol. The molecule has 1 aliphatic carbocycles. The summed E-state index contributed by atoms with van der Waals surface area (Å²) >= 11 is 1.75. The van der Waals surface area contributed by atoms with Gasteiger partial charge in [0.25, 0.3) is 0 Å². The molecule has 2 N–H and O–H groups in total. The summed E-state index contributed by atoms with van der Waals surface area (Å²) in [6.07, 6.45) is 8.09. The second-order valence-electron chi connectivity index (χ2n) is 5.69. The van der Waals surface area contributed by atoms with E-state index in [0.29, 0.717) is 6.10 Å². The fourth-order valence-electron chi connectivity index (χ4n) is 2.66. The van der Waals surface area contributed by atoms with E-state index >= 15 is 0 Å². The third kappa shape index (κ3) is 8.91. The van der Waals surface area contributed by atoms with E-state index in [9.17, 15) is 0 Å². The summed E-state index contributed by atoms with van der Waals surface area (Å²) < 4.78 is 5.94. The van der Waals surface area contributed by atoms with Gasteiger partial charge in [0.05, 0.1) is 12.6 Å². The molecule has 0 radical (unpaired) electrons. The zero-order chi connectivity index (χ0) is 15.5. The standard InChI is InChI=1S/C17H29N3OS.HI/c1-2-18-17(20-14-16-10-6-13-22-16)19-11-7-12-21-15-8-4-3-5-9-15;/h6,10,13,15H,2-5,7-9,11-12,14H2,1H3,(H2,18,19,20);1H. The number of rotatable bonds is 8. The van der Waals surface area contributed by atoms with Crippen LogP contribution in [0.1, 0.15) is 50.3 Å². The molecule has 23 heavy (non-hydrogen) atoms. The summed E-state index contributed by atoms with van der Waals surface area (Å²) in [6.45, 7) is 5.47. The molecule has 1 saturated carbocycles. The Kier molecular flexibility index (Phi) is 11.7. The predicted octanol–water partition coefficient (Wildman–Crippen LogP) is 4.16. The molecule has 0 atom stereocenters. The highest BCUT2D eigenvalue weighted by Crippen LogP contribution is 2.20. The van der Waals surface area contributed by atoms with Gasteiger partial charge in [-0.15, -0.1) is 35.3 Å². The van der Waals surface area contributed by atoms with Crippen LogP contribution in [0.3, 0.4) is 0 Å². The van der Waals surface area contributed by atoms with Crippen LogP contribution in [0.5, 0.6) is 0 Å². The molecule has 0 saturated heterocycles. The molecule has 0 bridgehead atoms. The van der Waals surface area contributed by atoms with Crippen LogP contribution >= 0.6 is 35.3 Å². The number of nitrogens with one attached hydrogen (secondary N) is 2. The van der Waals surface area contributed by atoms with Crippen molar-refractivity contribution in [3.63, 3.8) is 0 Å². The van der Waals surface area contributed by atoms with E-state index in [2.05, 4.69) is 40.1 Å². The van der Waals surface area contributed by atoms with Crippen LogP contribution in [-0.4, -0.2) is 31.8 Å². The Labute approximate surface area is 161 Å². The quantitative estimate of drug-likeness (QED) is 0.270. The second kappa shape index (κ2) is 13.0. The Morgan fingerprint density at radius 3 is 2.83 bits per heavy atom. The minimum atomic E-state index is 0. The smallest absolute Gasteiger partial charge is 0.191 e. The molecular formula is C17H30IN3OS. The summed E-state index contributed by atoms with van der Waals surface area (Å²) in [7, 11) is 0. The first-order valence-corrected chi connectivity index (χ1v) is 9.42. The highest BCUT2D eigenvalue weighted by Gasteiger charge is 2.12. The van der Waals surface area contributed by atoms with E-state index in [1.54, 1.807) is 11.3 Å². The van der Waals surface area contributed by atoms with Crippen LogP contribution in [0.4, 0.5) is 0 Å². The molecule has 0 aromatic carbocycles. The number of thiophene rings is 1. The molecule has 1 heterocycles. The summed E-state index contributed by atoms with van der Waals surface area (Å²) in [5.41, 5.74) is 0. The largest absolute Gasteiger partial charge is 0.378 e. The summed E-state index contributed by atoms with van der Waals surface area (Å²) in [6, 6.07) is 4.19. The zero-order valence-electron chi connectivity index (χ0n) is 14.1. The Balaban J connectivity index is 0.00000264. The molecular weight excluding hydrogens is 421 g/mol. The molecule has 0 unspecified atom stereocenters. The van der Waals surface area contributed by atoms with E-state index in [1.807, 2.05) is 0 Å². The van der Waals surface area contributed by atoms with Crippen molar-refractivity contribution in [3.8, 4) is 0 Å². The summed E-state index contributed by atoms with van der Waals surface area (Å²) in [5, 5.41) is 8.76. The Hall–Kier alpha value is -0.340. The van der Waals surface area contributed by atoms with Gasteiger partial charge in [0.15, 0.2) is 5.96 Å². The molecule has 4 nitrogen and oxygen atoms in total.